The Labute approximate surface area is 101 Å². The van der Waals surface area contributed by atoms with Crippen LogP contribution in [-0.2, 0) is 11.3 Å². The van der Waals surface area contributed by atoms with Gasteiger partial charge >= 0.3 is 0 Å². The van der Waals surface area contributed by atoms with Crippen molar-refractivity contribution in [1.82, 2.24) is 4.57 Å². The normalized spacial score (nSPS) is 9.81. The van der Waals surface area contributed by atoms with Crippen molar-refractivity contribution in [3.05, 3.63) is 37.8 Å². The van der Waals surface area contributed by atoms with E-state index < -0.39 is 0 Å². The van der Waals surface area contributed by atoms with Crippen molar-refractivity contribution in [2.45, 2.75) is 11.6 Å². The van der Waals surface area contributed by atoms with Gasteiger partial charge in [-0.05, 0) is 12.3 Å². The maximum atomic E-state index is 5.54. The summed E-state index contributed by atoms with van der Waals surface area (Å²) in [6.07, 6.45) is 7.22. The number of aromatic nitrogens is 1. The molecule has 1 rings (SSSR count). The van der Waals surface area contributed by atoms with E-state index in [1.807, 2.05) is 18.5 Å². The van der Waals surface area contributed by atoms with E-state index in [0.717, 1.165) is 17.3 Å². The predicted octanol–water partition coefficient (Wildman–Crippen LogP) is 2.93. The number of hydrogen-bond acceptors (Lipinski definition) is 3. The van der Waals surface area contributed by atoms with Gasteiger partial charge in [0.1, 0.15) is 18.2 Å². The van der Waals surface area contributed by atoms with Crippen LogP contribution in [0.1, 0.15) is 0 Å². The van der Waals surface area contributed by atoms with Crippen LogP contribution >= 0.6 is 11.8 Å². The van der Waals surface area contributed by atoms with Crippen LogP contribution in [0.25, 0.3) is 0 Å². The molecule has 0 aliphatic heterocycles. The SMILES string of the molecule is C=CCOc1ccn(CCOC=C)c1SC. The minimum absolute atomic E-state index is 0.529. The zero-order chi connectivity index (χ0) is 11.8. The molecule has 0 aromatic carbocycles. The summed E-state index contributed by atoms with van der Waals surface area (Å²) in [5, 5.41) is 1.11. The molecule has 0 bridgehead atoms. The molecule has 0 radical (unpaired) electrons. The third kappa shape index (κ3) is 3.38. The van der Waals surface area contributed by atoms with E-state index in [2.05, 4.69) is 17.7 Å². The standard InChI is InChI=1S/C12H17NO2S/c1-4-9-15-11-6-7-13(12(11)16-3)8-10-14-5-2/h4-7H,1-2,8-10H2,3H3. The van der Waals surface area contributed by atoms with Gasteiger partial charge in [0.25, 0.3) is 0 Å². The third-order valence-corrected chi connectivity index (χ3v) is 2.82. The second kappa shape index (κ2) is 7.06. The topological polar surface area (TPSA) is 23.4 Å². The molecule has 0 N–H and O–H groups in total. The Balaban J connectivity index is 2.65. The van der Waals surface area contributed by atoms with Gasteiger partial charge in [-0.15, -0.1) is 11.8 Å². The molecule has 0 fully saturated rings. The number of thioether (sulfide) groups is 1. The van der Waals surface area contributed by atoms with E-state index in [-0.39, 0.29) is 0 Å². The molecular weight excluding hydrogens is 222 g/mol. The van der Waals surface area contributed by atoms with E-state index in [1.165, 1.54) is 6.26 Å². The summed E-state index contributed by atoms with van der Waals surface area (Å²) < 4.78 is 12.8. The highest BCUT2D eigenvalue weighted by Gasteiger charge is 2.08. The van der Waals surface area contributed by atoms with E-state index in [9.17, 15) is 0 Å². The maximum absolute atomic E-state index is 5.54. The van der Waals surface area contributed by atoms with E-state index >= 15 is 0 Å². The van der Waals surface area contributed by atoms with Crippen molar-refractivity contribution in [1.29, 1.82) is 0 Å². The molecule has 0 aliphatic carbocycles. The Hall–Kier alpha value is -1.29. The smallest absolute Gasteiger partial charge is 0.151 e. The lowest BCUT2D eigenvalue weighted by Gasteiger charge is -2.09. The fourth-order valence-electron chi connectivity index (χ4n) is 1.33. The fraction of sp³-hybridized carbons (Fsp3) is 0.333. The first kappa shape index (κ1) is 12.8. The van der Waals surface area contributed by atoms with E-state index in [0.29, 0.717) is 13.2 Å². The summed E-state index contributed by atoms with van der Waals surface area (Å²) in [5.41, 5.74) is 0. The molecule has 1 aromatic heterocycles. The van der Waals surface area contributed by atoms with Crippen molar-refractivity contribution in [2.24, 2.45) is 0 Å². The summed E-state index contributed by atoms with van der Waals surface area (Å²) in [5.74, 6) is 0.894. The van der Waals surface area contributed by atoms with Crippen molar-refractivity contribution in [3.63, 3.8) is 0 Å². The molecule has 16 heavy (non-hydrogen) atoms. The Kier molecular flexibility index (Phi) is 5.64. The van der Waals surface area contributed by atoms with Crippen LogP contribution in [0.3, 0.4) is 0 Å². The van der Waals surface area contributed by atoms with Crippen LogP contribution in [0.5, 0.6) is 5.75 Å². The highest BCUT2D eigenvalue weighted by molar-refractivity contribution is 7.98. The second-order valence-electron chi connectivity index (χ2n) is 3.02. The molecule has 0 saturated heterocycles. The number of rotatable bonds is 8. The largest absolute Gasteiger partial charge is 0.500 e. The lowest BCUT2D eigenvalue weighted by molar-refractivity contribution is 0.232. The third-order valence-electron chi connectivity index (χ3n) is 2.00. The van der Waals surface area contributed by atoms with Crippen LogP contribution in [-0.4, -0.2) is 24.0 Å². The first-order chi connectivity index (χ1) is 7.83. The molecule has 1 heterocycles. The average Bonchev–Trinajstić information content (AvgIpc) is 2.69. The zero-order valence-corrected chi connectivity index (χ0v) is 10.3. The van der Waals surface area contributed by atoms with Gasteiger partial charge in [-0.25, -0.2) is 0 Å². The van der Waals surface area contributed by atoms with E-state index in [1.54, 1.807) is 17.8 Å². The van der Waals surface area contributed by atoms with Crippen LogP contribution in [0.2, 0.25) is 0 Å². The second-order valence-corrected chi connectivity index (χ2v) is 3.81. The average molecular weight is 239 g/mol. The van der Waals surface area contributed by atoms with Crippen LogP contribution in [0, 0.1) is 0 Å². The first-order valence-electron chi connectivity index (χ1n) is 5.02. The molecule has 0 unspecified atom stereocenters. The highest BCUT2D eigenvalue weighted by Crippen LogP contribution is 2.28. The summed E-state index contributed by atoms with van der Waals surface area (Å²) in [7, 11) is 0. The molecule has 0 atom stereocenters. The molecule has 0 aliphatic rings. The quantitative estimate of drug-likeness (QED) is 0.301. The van der Waals surface area contributed by atoms with Gasteiger partial charge in [0, 0.05) is 6.20 Å². The number of ether oxygens (including phenoxy) is 2. The Bertz CT molecular complexity index is 347. The Morgan fingerprint density at radius 1 is 1.50 bits per heavy atom. The van der Waals surface area contributed by atoms with Crippen molar-refractivity contribution in [2.75, 3.05) is 19.5 Å². The van der Waals surface area contributed by atoms with Gasteiger partial charge in [-0.3, -0.25) is 0 Å². The minimum atomic E-state index is 0.529. The fourth-order valence-corrected chi connectivity index (χ4v) is 2.04. The molecule has 0 amide bonds. The van der Waals surface area contributed by atoms with Gasteiger partial charge in [-0.1, -0.05) is 19.2 Å². The van der Waals surface area contributed by atoms with Gasteiger partial charge in [-0.2, -0.15) is 0 Å². The molecule has 1 aromatic rings. The lowest BCUT2D eigenvalue weighted by Crippen LogP contribution is -2.04. The van der Waals surface area contributed by atoms with E-state index in [4.69, 9.17) is 9.47 Å². The van der Waals surface area contributed by atoms with Crippen molar-refractivity contribution in [3.8, 4) is 5.75 Å². The minimum Gasteiger partial charge on any atom is -0.500 e. The molecule has 88 valence electrons. The molecule has 0 spiro atoms. The summed E-state index contributed by atoms with van der Waals surface area (Å²) in [4.78, 5) is 0. The van der Waals surface area contributed by atoms with Gasteiger partial charge in [0.05, 0.1) is 12.8 Å². The Morgan fingerprint density at radius 2 is 2.31 bits per heavy atom. The van der Waals surface area contributed by atoms with Crippen LogP contribution < -0.4 is 4.74 Å². The lowest BCUT2D eigenvalue weighted by atomic mass is 10.6. The summed E-state index contributed by atoms with van der Waals surface area (Å²) in [6.45, 7) is 9.07. The van der Waals surface area contributed by atoms with Gasteiger partial charge < -0.3 is 14.0 Å². The monoisotopic (exact) mass is 239 g/mol. The summed E-state index contributed by atoms with van der Waals surface area (Å²) in [6, 6.07) is 1.96. The van der Waals surface area contributed by atoms with Crippen LogP contribution in [0.15, 0.2) is 42.8 Å². The number of nitrogens with zero attached hydrogens (tertiary/aromatic N) is 1. The first-order valence-corrected chi connectivity index (χ1v) is 6.25. The molecule has 0 saturated carbocycles. The highest BCUT2D eigenvalue weighted by atomic mass is 32.2. The van der Waals surface area contributed by atoms with Crippen molar-refractivity contribution < 1.29 is 9.47 Å². The van der Waals surface area contributed by atoms with Gasteiger partial charge in [0.2, 0.25) is 0 Å². The predicted molar refractivity (Wildman–Crippen MR) is 68.1 cm³/mol. The summed E-state index contributed by atoms with van der Waals surface area (Å²) >= 11 is 1.66. The van der Waals surface area contributed by atoms with Crippen LogP contribution in [0.4, 0.5) is 0 Å². The number of hydrogen-bond donors (Lipinski definition) is 0. The maximum Gasteiger partial charge on any atom is 0.151 e. The van der Waals surface area contributed by atoms with Gasteiger partial charge in [0.15, 0.2) is 5.75 Å². The zero-order valence-electron chi connectivity index (χ0n) is 9.52. The Morgan fingerprint density at radius 3 is 2.94 bits per heavy atom. The molecular formula is C12H17NO2S. The molecule has 3 nitrogen and oxygen atoms in total. The van der Waals surface area contributed by atoms with Crippen molar-refractivity contribution >= 4 is 11.8 Å². The molecule has 4 heteroatoms.